The van der Waals surface area contributed by atoms with Gasteiger partial charge in [0, 0.05) is 19.7 Å². The van der Waals surface area contributed by atoms with E-state index in [2.05, 4.69) is 10.8 Å². The maximum absolute atomic E-state index is 12.2. The molecule has 0 saturated heterocycles. The molecule has 1 aromatic rings. The molecule has 0 spiro atoms. The molecule has 6 nitrogen and oxygen atoms in total. The van der Waals surface area contributed by atoms with Gasteiger partial charge in [0.15, 0.2) is 0 Å². The Bertz CT molecular complexity index is 772. The lowest BCUT2D eigenvalue weighted by Gasteiger charge is -2.42. The fraction of sp³-hybridized carbons (Fsp3) is 0.412. The van der Waals surface area contributed by atoms with Crippen molar-refractivity contribution in [2.24, 2.45) is 0 Å². The number of nitrogens with one attached hydrogen (secondary N) is 1. The third-order valence-electron chi connectivity index (χ3n) is 4.30. The van der Waals surface area contributed by atoms with Gasteiger partial charge < -0.3 is 4.90 Å². The Hall–Kier alpha value is -2.17. The topological polar surface area (TPSA) is 90.3 Å². The van der Waals surface area contributed by atoms with Crippen molar-refractivity contribution in [3.05, 3.63) is 35.9 Å². The van der Waals surface area contributed by atoms with Crippen molar-refractivity contribution in [2.45, 2.75) is 36.6 Å². The third-order valence-corrected chi connectivity index (χ3v) is 5.87. The van der Waals surface area contributed by atoms with Crippen molar-refractivity contribution in [3.8, 4) is 6.07 Å². The van der Waals surface area contributed by atoms with E-state index >= 15 is 0 Å². The molecule has 0 radical (unpaired) electrons. The number of carbonyl (C=O) groups excluding carboxylic acids is 1. The summed E-state index contributed by atoms with van der Waals surface area (Å²) < 4.78 is 26.1. The molecule has 2 rings (SSSR count). The van der Waals surface area contributed by atoms with E-state index in [4.69, 9.17) is 0 Å². The summed E-state index contributed by atoms with van der Waals surface area (Å²) in [6, 6.07) is 8.49. The number of nitrogens with zero attached hydrogens (tertiary/aromatic N) is 2. The second-order valence-corrected chi connectivity index (χ2v) is 7.56. The minimum Gasteiger partial charge on any atom is -0.323 e. The van der Waals surface area contributed by atoms with Crippen LogP contribution in [0.4, 0.5) is 0 Å². The van der Waals surface area contributed by atoms with Crippen LogP contribution in [0, 0.1) is 11.3 Å². The Kier molecular flexibility index (Phi) is 5.42. The molecule has 128 valence electrons. The Morgan fingerprint density at radius 2 is 2.00 bits per heavy atom. The van der Waals surface area contributed by atoms with Gasteiger partial charge in [0.1, 0.15) is 5.54 Å². The minimum atomic E-state index is -3.48. The SMILES string of the molecule is CCNS(=O)(=O)c1ccc(/C=C/C(=O)N(C)C2(C#N)CCC2)cc1. The van der Waals surface area contributed by atoms with Gasteiger partial charge in [0.05, 0.1) is 11.0 Å². The average molecular weight is 347 g/mol. The van der Waals surface area contributed by atoms with Crippen molar-refractivity contribution in [3.63, 3.8) is 0 Å². The number of rotatable bonds is 6. The van der Waals surface area contributed by atoms with Crippen LogP contribution in [-0.2, 0) is 14.8 Å². The summed E-state index contributed by atoms with van der Waals surface area (Å²) in [5.41, 5.74) is 0.0392. The van der Waals surface area contributed by atoms with E-state index in [1.54, 1.807) is 32.2 Å². The summed E-state index contributed by atoms with van der Waals surface area (Å²) in [5.74, 6) is -0.236. The van der Waals surface area contributed by atoms with E-state index < -0.39 is 15.6 Å². The minimum absolute atomic E-state index is 0.183. The van der Waals surface area contributed by atoms with Crippen molar-refractivity contribution in [2.75, 3.05) is 13.6 Å². The molecule has 0 aliphatic heterocycles. The Morgan fingerprint density at radius 1 is 1.38 bits per heavy atom. The highest BCUT2D eigenvalue weighted by Gasteiger charge is 2.42. The maximum atomic E-state index is 12.2. The first-order valence-corrected chi connectivity index (χ1v) is 9.30. The predicted octanol–water partition coefficient (Wildman–Crippen LogP) is 1.90. The highest BCUT2D eigenvalue weighted by atomic mass is 32.2. The van der Waals surface area contributed by atoms with Crippen molar-refractivity contribution in [1.82, 2.24) is 9.62 Å². The van der Waals surface area contributed by atoms with Gasteiger partial charge in [0.2, 0.25) is 15.9 Å². The molecule has 0 bridgehead atoms. The van der Waals surface area contributed by atoms with Gasteiger partial charge in [-0.1, -0.05) is 19.1 Å². The lowest BCUT2D eigenvalue weighted by Crippen LogP contribution is -2.52. The van der Waals surface area contributed by atoms with Gasteiger partial charge in [0.25, 0.3) is 0 Å². The van der Waals surface area contributed by atoms with Crippen LogP contribution in [-0.4, -0.2) is 38.4 Å². The Morgan fingerprint density at radius 3 is 2.46 bits per heavy atom. The standard InChI is InChI=1S/C17H21N3O3S/c1-3-19-24(22,23)15-8-5-14(6-9-15)7-10-16(21)20(2)17(13-18)11-4-12-17/h5-10,19H,3-4,11-12H2,1-2H3/b10-7+. The van der Waals surface area contributed by atoms with Crippen LogP contribution in [0.25, 0.3) is 6.08 Å². The molecule has 1 saturated carbocycles. The number of nitriles is 1. The number of hydrogen-bond acceptors (Lipinski definition) is 4. The van der Waals surface area contributed by atoms with Crippen LogP contribution in [0.2, 0.25) is 0 Å². The molecule has 1 aliphatic rings. The summed E-state index contributed by atoms with van der Waals surface area (Å²) in [6.07, 6.45) is 5.39. The molecule has 1 fully saturated rings. The summed E-state index contributed by atoms with van der Waals surface area (Å²) in [5, 5.41) is 9.26. The van der Waals surface area contributed by atoms with Crippen LogP contribution in [0.5, 0.6) is 0 Å². The van der Waals surface area contributed by atoms with Crippen LogP contribution in [0.3, 0.4) is 0 Å². The van der Waals surface area contributed by atoms with Gasteiger partial charge in [-0.05, 0) is 43.0 Å². The molecular formula is C17H21N3O3S. The summed E-state index contributed by atoms with van der Waals surface area (Å²) in [7, 11) is -1.84. The second kappa shape index (κ2) is 7.16. The molecule has 0 heterocycles. The largest absolute Gasteiger partial charge is 0.323 e. The molecule has 0 atom stereocenters. The van der Waals surface area contributed by atoms with Crippen molar-refractivity contribution >= 4 is 22.0 Å². The second-order valence-electron chi connectivity index (χ2n) is 5.80. The van der Waals surface area contributed by atoms with E-state index in [0.29, 0.717) is 24.9 Å². The summed E-state index contributed by atoms with van der Waals surface area (Å²) >= 11 is 0. The lowest BCUT2D eigenvalue weighted by atomic mass is 9.76. The molecule has 1 aromatic carbocycles. The lowest BCUT2D eigenvalue weighted by molar-refractivity contribution is -0.130. The first-order chi connectivity index (χ1) is 11.3. The summed E-state index contributed by atoms with van der Waals surface area (Å²) in [4.78, 5) is 13.9. The smallest absolute Gasteiger partial charge is 0.247 e. The van der Waals surface area contributed by atoms with E-state index in [-0.39, 0.29) is 10.8 Å². The monoisotopic (exact) mass is 347 g/mol. The van der Waals surface area contributed by atoms with Crippen LogP contribution in [0.1, 0.15) is 31.7 Å². The Balaban J connectivity index is 2.07. The first-order valence-electron chi connectivity index (χ1n) is 7.81. The van der Waals surface area contributed by atoms with Crippen LogP contribution in [0.15, 0.2) is 35.2 Å². The zero-order chi connectivity index (χ0) is 17.8. The van der Waals surface area contributed by atoms with Crippen LogP contribution >= 0.6 is 0 Å². The highest BCUT2D eigenvalue weighted by molar-refractivity contribution is 7.89. The molecule has 0 aromatic heterocycles. The molecule has 0 unspecified atom stereocenters. The van der Waals surface area contributed by atoms with E-state index in [1.165, 1.54) is 23.1 Å². The maximum Gasteiger partial charge on any atom is 0.247 e. The van der Waals surface area contributed by atoms with Crippen molar-refractivity contribution in [1.29, 1.82) is 5.26 Å². The van der Waals surface area contributed by atoms with Gasteiger partial charge in [-0.2, -0.15) is 5.26 Å². The van der Waals surface area contributed by atoms with E-state index in [1.807, 2.05) is 0 Å². The number of likely N-dealkylation sites (N-methyl/N-ethyl adjacent to an activating group) is 1. The number of benzene rings is 1. The molecular weight excluding hydrogens is 326 g/mol. The number of amides is 1. The highest BCUT2D eigenvalue weighted by Crippen LogP contribution is 2.36. The van der Waals surface area contributed by atoms with Crippen molar-refractivity contribution < 1.29 is 13.2 Å². The fourth-order valence-corrected chi connectivity index (χ4v) is 3.60. The van der Waals surface area contributed by atoms with Gasteiger partial charge in [-0.25, -0.2) is 13.1 Å². The van der Waals surface area contributed by atoms with Gasteiger partial charge in [-0.15, -0.1) is 0 Å². The molecule has 1 aliphatic carbocycles. The normalized spacial score (nSPS) is 16.4. The third kappa shape index (κ3) is 3.66. The number of hydrogen-bond donors (Lipinski definition) is 1. The first kappa shape index (κ1) is 18.2. The predicted molar refractivity (Wildman–Crippen MR) is 91.3 cm³/mol. The zero-order valence-corrected chi connectivity index (χ0v) is 14.6. The zero-order valence-electron chi connectivity index (χ0n) is 13.8. The Labute approximate surface area is 142 Å². The van der Waals surface area contributed by atoms with Gasteiger partial charge in [-0.3, -0.25) is 4.79 Å². The number of sulfonamides is 1. The molecule has 1 amide bonds. The quantitative estimate of drug-likeness (QED) is 0.796. The van der Waals surface area contributed by atoms with E-state index in [9.17, 15) is 18.5 Å². The fourth-order valence-electron chi connectivity index (χ4n) is 2.56. The number of carbonyl (C=O) groups is 1. The average Bonchev–Trinajstić information content (AvgIpc) is 2.52. The van der Waals surface area contributed by atoms with E-state index in [0.717, 1.165) is 6.42 Å². The summed E-state index contributed by atoms with van der Waals surface area (Å²) in [6.45, 7) is 2.04. The van der Waals surface area contributed by atoms with Crippen LogP contribution < -0.4 is 4.72 Å². The van der Waals surface area contributed by atoms with Gasteiger partial charge >= 0.3 is 0 Å². The molecule has 1 N–H and O–H groups in total. The molecule has 24 heavy (non-hydrogen) atoms. The molecule has 7 heteroatoms.